The van der Waals surface area contributed by atoms with Crippen LogP contribution in [-0.2, 0) is 47.4 Å². The molecule has 0 spiro atoms. The van der Waals surface area contributed by atoms with E-state index in [1.807, 2.05) is 0 Å². The van der Waals surface area contributed by atoms with Crippen molar-refractivity contribution in [3.05, 3.63) is 0 Å². The zero-order valence-electron chi connectivity index (χ0n) is 31.2. The van der Waals surface area contributed by atoms with Gasteiger partial charge < -0.3 is 130 Å². The van der Waals surface area contributed by atoms with Gasteiger partial charge in [-0.3, -0.25) is 4.79 Å². The summed E-state index contributed by atoms with van der Waals surface area (Å²) in [6.07, 6.45) is -43.9. The van der Waals surface area contributed by atoms with E-state index in [1.54, 1.807) is 0 Å². The van der Waals surface area contributed by atoms with Crippen LogP contribution in [0.4, 0.5) is 0 Å². The highest BCUT2D eigenvalue weighted by Gasteiger charge is 2.56. The highest BCUT2D eigenvalue weighted by molar-refractivity contribution is 5.73. The van der Waals surface area contributed by atoms with E-state index in [0.717, 1.165) is 6.92 Å². The van der Waals surface area contributed by atoms with Crippen molar-refractivity contribution in [1.29, 1.82) is 0 Å². The quantitative estimate of drug-likeness (QED) is 0.0770. The largest absolute Gasteiger partial charge is 0.394 e. The number of hydrogen-bond donors (Lipinski definition) is 17. The molecular weight excluding hydrogens is 814 g/mol. The fraction of sp³-hybridized carbons (Fsp3) is 0.969. The molecule has 0 bridgehead atoms. The molecule has 0 radical (unpaired) electrons. The Hall–Kier alpha value is -1.53. The lowest BCUT2D eigenvalue weighted by Gasteiger charge is -2.50. The van der Waals surface area contributed by atoms with Gasteiger partial charge in [-0.15, -0.1) is 0 Å². The molecule has 5 aliphatic heterocycles. The number of amides is 1. The van der Waals surface area contributed by atoms with Crippen molar-refractivity contribution in [3.63, 3.8) is 0 Å². The summed E-state index contributed by atoms with van der Waals surface area (Å²) in [7, 11) is 0. The van der Waals surface area contributed by atoms with Gasteiger partial charge in [0.25, 0.3) is 0 Å². The second-order valence-corrected chi connectivity index (χ2v) is 14.7. The summed E-state index contributed by atoms with van der Waals surface area (Å²) in [6.45, 7) is -3.36. The van der Waals surface area contributed by atoms with Gasteiger partial charge in [-0.2, -0.15) is 0 Å². The molecule has 27 nitrogen and oxygen atoms in total. The van der Waals surface area contributed by atoms with Crippen molar-refractivity contribution in [3.8, 4) is 0 Å². The van der Waals surface area contributed by atoms with Crippen LogP contribution in [0.15, 0.2) is 0 Å². The number of ether oxygens (including phenoxy) is 9. The molecule has 5 heterocycles. The Balaban J connectivity index is 1.35. The molecule has 5 fully saturated rings. The molecule has 59 heavy (non-hydrogen) atoms. The predicted molar refractivity (Wildman–Crippen MR) is 178 cm³/mol. The minimum Gasteiger partial charge on any atom is -0.394 e. The van der Waals surface area contributed by atoms with E-state index in [0.29, 0.717) is 0 Å². The molecule has 5 aliphatic rings. The van der Waals surface area contributed by atoms with Gasteiger partial charge >= 0.3 is 0 Å². The Bertz CT molecular complexity index is 1320. The maximum absolute atomic E-state index is 12.4. The molecule has 17 N–H and O–H groups in total. The first kappa shape index (κ1) is 48.5. The maximum Gasteiger partial charge on any atom is 0.217 e. The van der Waals surface area contributed by atoms with Crippen LogP contribution in [-0.4, -0.2) is 274 Å². The second-order valence-electron chi connectivity index (χ2n) is 14.7. The number of nitrogens with one attached hydrogen (secondary N) is 1. The summed E-state index contributed by atoms with van der Waals surface area (Å²) in [5, 5.41) is 169. The number of rotatable bonds is 14. The van der Waals surface area contributed by atoms with Crippen LogP contribution in [0.1, 0.15) is 6.92 Å². The van der Waals surface area contributed by atoms with Crippen molar-refractivity contribution in [2.75, 3.05) is 33.0 Å². The Kier molecular flexibility index (Phi) is 17.1. The summed E-state index contributed by atoms with van der Waals surface area (Å²) in [5.74, 6) is -0.811. The number of aliphatic hydroxyl groups excluding tert-OH is 16. The van der Waals surface area contributed by atoms with Gasteiger partial charge in [0, 0.05) is 6.92 Å². The lowest BCUT2D eigenvalue weighted by atomic mass is 9.94. The number of carbonyl (C=O) groups is 1. The van der Waals surface area contributed by atoms with Crippen LogP contribution in [0.5, 0.6) is 0 Å². The van der Waals surface area contributed by atoms with Gasteiger partial charge in [-0.25, -0.2) is 0 Å². The van der Waals surface area contributed by atoms with Gasteiger partial charge in [0.15, 0.2) is 31.5 Å². The molecule has 1 unspecified atom stereocenters. The van der Waals surface area contributed by atoms with Gasteiger partial charge in [-0.05, 0) is 0 Å². The van der Waals surface area contributed by atoms with Gasteiger partial charge in [0.2, 0.25) is 5.91 Å². The Morgan fingerprint density at radius 3 is 1.47 bits per heavy atom. The lowest BCUT2D eigenvalue weighted by molar-refractivity contribution is -0.385. The Morgan fingerprint density at radius 2 is 0.898 bits per heavy atom. The van der Waals surface area contributed by atoms with Crippen molar-refractivity contribution < 1.29 is 129 Å². The summed E-state index contributed by atoms with van der Waals surface area (Å²) >= 11 is 0. The molecule has 5 saturated heterocycles. The molecule has 27 heteroatoms. The highest BCUT2D eigenvalue weighted by atomic mass is 16.8. The van der Waals surface area contributed by atoms with Gasteiger partial charge in [0.1, 0.15) is 122 Å². The normalized spacial score (nSPS) is 51.0. The lowest BCUT2D eigenvalue weighted by Crippen LogP contribution is -2.69. The maximum atomic E-state index is 12.4. The zero-order valence-corrected chi connectivity index (χ0v) is 31.2. The first-order valence-corrected chi connectivity index (χ1v) is 18.6. The Labute approximate surface area is 333 Å². The standard InChI is InChI=1S/C32H55NO26/c1-7(38)33-13-18(43)25(57-31-24(49)26(17(42)10(4-36)54-31)58-30-23(48)20(45)14(39)8(2-34)53-30)11(5-37)56-29(13)59-27-21(46)15(40)9(3-35)55-32(27)51-6-12-16(41)19(44)22(47)28(50)52-12/h8-32,34-37,39-50H,2-6H2,1H3,(H,33,38)/t8-,9-,10-,11-,12-,13-,14+,15-,16-,17+,18-,19+,20+,21+,22+,23-,24-,25-,26+,27+,28?,29+,30-,31+,32+/m1/s1. The molecule has 0 aromatic carbocycles. The van der Waals surface area contributed by atoms with E-state index in [2.05, 4.69) is 5.32 Å². The zero-order chi connectivity index (χ0) is 43.6. The molecule has 0 aliphatic carbocycles. The van der Waals surface area contributed by atoms with Crippen LogP contribution in [0, 0.1) is 0 Å². The fourth-order valence-corrected chi connectivity index (χ4v) is 7.30. The van der Waals surface area contributed by atoms with E-state index in [9.17, 15) is 86.5 Å². The van der Waals surface area contributed by atoms with Crippen LogP contribution < -0.4 is 5.32 Å². The molecule has 5 rings (SSSR count). The molecule has 0 aromatic heterocycles. The third-order valence-corrected chi connectivity index (χ3v) is 10.7. The van der Waals surface area contributed by atoms with Crippen molar-refractivity contribution >= 4 is 5.91 Å². The molecule has 0 aromatic rings. The van der Waals surface area contributed by atoms with Gasteiger partial charge in [-0.1, -0.05) is 0 Å². The third-order valence-electron chi connectivity index (χ3n) is 10.7. The van der Waals surface area contributed by atoms with Crippen LogP contribution in [0.25, 0.3) is 0 Å². The van der Waals surface area contributed by atoms with Crippen LogP contribution in [0.3, 0.4) is 0 Å². The van der Waals surface area contributed by atoms with E-state index < -0.39 is 192 Å². The minimum absolute atomic E-state index is 0.736. The van der Waals surface area contributed by atoms with Crippen molar-refractivity contribution in [2.45, 2.75) is 160 Å². The van der Waals surface area contributed by atoms with Crippen molar-refractivity contribution in [2.24, 2.45) is 0 Å². The average molecular weight is 870 g/mol. The van der Waals surface area contributed by atoms with Gasteiger partial charge in [0.05, 0.1) is 33.0 Å². The molecule has 25 atom stereocenters. The molecular formula is C32H55NO26. The summed E-state index contributed by atoms with van der Waals surface area (Å²) in [4.78, 5) is 12.4. The topological polar surface area (TPSA) is 436 Å². The number of aliphatic hydroxyl groups is 16. The Morgan fingerprint density at radius 1 is 0.441 bits per heavy atom. The van der Waals surface area contributed by atoms with Crippen LogP contribution >= 0.6 is 0 Å². The smallest absolute Gasteiger partial charge is 0.217 e. The molecule has 344 valence electrons. The average Bonchev–Trinajstić information content (AvgIpc) is 3.21. The first-order valence-electron chi connectivity index (χ1n) is 18.6. The third kappa shape index (κ3) is 10.3. The minimum atomic E-state index is -2.09. The molecule has 0 saturated carbocycles. The monoisotopic (exact) mass is 869 g/mol. The number of hydrogen-bond acceptors (Lipinski definition) is 26. The summed E-state index contributed by atoms with van der Waals surface area (Å²) < 4.78 is 50.3. The van der Waals surface area contributed by atoms with E-state index in [4.69, 9.17) is 42.6 Å². The summed E-state index contributed by atoms with van der Waals surface area (Å²) in [5.41, 5.74) is 0. The highest BCUT2D eigenvalue weighted by Crippen LogP contribution is 2.35. The first-order chi connectivity index (χ1) is 27.9. The van der Waals surface area contributed by atoms with E-state index in [1.165, 1.54) is 0 Å². The molecule has 1 amide bonds. The predicted octanol–water partition coefficient (Wildman–Crippen LogP) is -11.8. The fourth-order valence-electron chi connectivity index (χ4n) is 7.30. The van der Waals surface area contributed by atoms with E-state index >= 15 is 0 Å². The van der Waals surface area contributed by atoms with Crippen molar-refractivity contribution in [1.82, 2.24) is 5.32 Å². The van der Waals surface area contributed by atoms with E-state index in [-0.39, 0.29) is 0 Å². The van der Waals surface area contributed by atoms with Crippen LogP contribution in [0.2, 0.25) is 0 Å². The SMILES string of the molecule is CC(=O)N[C@H]1[C@H](O[C@@H]2[C@@H](OC[C@H]3OC(O)[C@@H](O)[C@@H](O)[C@@H]3O)O[C@H](CO)[C@@H](O)[C@@H]2O)O[C@H](CO)[C@@H](O[C@@H]2O[C@H](CO)[C@H](O)[C@H](O[C@H]3O[C@H](CO)[C@H](O)[C@H](O)[C@H]3O)[C@H]2O)[C@@H]1O. The number of carbonyl (C=O) groups excluding carboxylic acids is 1. The summed E-state index contributed by atoms with van der Waals surface area (Å²) in [6, 6.07) is -1.71. The second kappa shape index (κ2) is 20.8.